The van der Waals surface area contributed by atoms with E-state index in [1.807, 2.05) is 6.92 Å². The van der Waals surface area contributed by atoms with Gasteiger partial charge in [-0.25, -0.2) is 13.1 Å². The molecule has 134 valence electrons. The second kappa shape index (κ2) is 7.59. The molecule has 0 spiro atoms. The summed E-state index contributed by atoms with van der Waals surface area (Å²) in [6.07, 6.45) is 3.84. The zero-order valence-corrected chi connectivity index (χ0v) is 15.5. The molecule has 0 saturated heterocycles. The molecule has 1 aliphatic rings. The van der Waals surface area contributed by atoms with E-state index in [0.717, 1.165) is 30.7 Å². The van der Waals surface area contributed by atoms with Gasteiger partial charge in [0, 0.05) is 11.6 Å². The number of nitrogens with zero attached hydrogens (tertiary/aromatic N) is 2. The third kappa shape index (κ3) is 4.42. The molecule has 3 rings (SSSR count). The molecule has 1 aromatic heterocycles. The van der Waals surface area contributed by atoms with Gasteiger partial charge in [-0.2, -0.15) is 0 Å². The highest BCUT2D eigenvalue weighted by molar-refractivity contribution is 7.89. The van der Waals surface area contributed by atoms with E-state index in [2.05, 4.69) is 20.2 Å². The molecule has 1 aliphatic carbocycles. The summed E-state index contributed by atoms with van der Waals surface area (Å²) in [5.74, 6) is -0.238. The van der Waals surface area contributed by atoms with Crippen LogP contribution in [0.2, 0.25) is 0 Å². The fourth-order valence-corrected chi connectivity index (χ4v) is 4.22. The van der Waals surface area contributed by atoms with E-state index in [0.29, 0.717) is 10.6 Å². The Morgan fingerprint density at radius 1 is 1.28 bits per heavy atom. The van der Waals surface area contributed by atoms with Gasteiger partial charge >= 0.3 is 0 Å². The average molecular weight is 380 g/mol. The van der Waals surface area contributed by atoms with Crippen LogP contribution in [0.5, 0.6) is 0 Å². The summed E-state index contributed by atoms with van der Waals surface area (Å²) in [6.45, 7) is 2.05. The van der Waals surface area contributed by atoms with Crippen molar-refractivity contribution in [1.29, 1.82) is 0 Å². The molecule has 0 bridgehead atoms. The Hall–Kier alpha value is -1.84. The second-order valence-corrected chi connectivity index (χ2v) is 8.81. The second-order valence-electron chi connectivity index (χ2n) is 5.90. The molecule has 1 saturated carbocycles. The lowest BCUT2D eigenvalue weighted by Crippen LogP contribution is -2.39. The van der Waals surface area contributed by atoms with Crippen LogP contribution < -0.4 is 10.0 Å². The average Bonchev–Trinajstić information content (AvgIpc) is 3.04. The number of nitrogens with one attached hydrogen (secondary N) is 2. The largest absolute Gasteiger partial charge is 0.349 e. The van der Waals surface area contributed by atoms with Crippen molar-refractivity contribution < 1.29 is 13.2 Å². The van der Waals surface area contributed by atoms with E-state index < -0.39 is 10.0 Å². The van der Waals surface area contributed by atoms with Crippen molar-refractivity contribution in [3.8, 4) is 0 Å². The molecule has 1 aromatic carbocycles. The van der Waals surface area contributed by atoms with Crippen molar-refractivity contribution in [2.45, 2.75) is 50.1 Å². The zero-order valence-electron chi connectivity index (χ0n) is 13.9. The highest BCUT2D eigenvalue weighted by atomic mass is 32.2. The monoisotopic (exact) mass is 380 g/mol. The molecule has 0 unspecified atom stereocenters. The van der Waals surface area contributed by atoms with E-state index in [1.165, 1.54) is 23.5 Å². The lowest BCUT2D eigenvalue weighted by atomic mass is 9.93. The van der Waals surface area contributed by atoms with Crippen LogP contribution in [0.15, 0.2) is 29.2 Å². The first-order valence-electron chi connectivity index (χ1n) is 8.20. The number of amides is 1. The van der Waals surface area contributed by atoms with Crippen LogP contribution in [0.1, 0.15) is 46.6 Å². The van der Waals surface area contributed by atoms with E-state index >= 15 is 0 Å². The van der Waals surface area contributed by atoms with Crippen LogP contribution in [-0.2, 0) is 23.0 Å². The predicted octanol–water partition coefficient (Wildman–Crippen LogP) is 1.86. The first kappa shape index (κ1) is 18.0. The Morgan fingerprint density at radius 3 is 2.68 bits per heavy atom. The Balaban J connectivity index is 1.68. The summed E-state index contributed by atoms with van der Waals surface area (Å²) in [6, 6.07) is 6.26. The third-order valence-corrected chi connectivity index (χ3v) is 6.54. The quantitative estimate of drug-likeness (QED) is 0.763. The number of carbonyl (C=O) groups excluding carboxylic acids is 1. The van der Waals surface area contributed by atoms with Gasteiger partial charge in [-0.1, -0.05) is 13.0 Å². The molecule has 0 atom stereocenters. The Labute approximate surface area is 150 Å². The molecular formula is C16H20N4O3S2. The number of hydrogen-bond acceptors (Lipinski definition) is 6. The Kier molecular flexibility index (Phi) is 5.45. The van der Waals surface area contributed by atoms with Crippen molar-refractivity contribution in [2.75, 3.05) is 0 Å². The number of hydrogen-bond donors (Lipinski definition) is 2. The van der Waals surface area contributed by atoms with E-state index in [4.69, 9.17) is 0 Å². The summed E-state index contributed by atoms with van der Waals surface area (Å²) in [7, 11) is -3.72. The van der Waals surface area contributed by atoms with Crippen molar-refractivity contribution >= 4 is 27.3 Å². The van der Waals surface area contributed by atoms with Crippen LogP contribution in [0.25, 0.3) is 0 Å². The highest BCUT2D eigenvalue weighted by Crippen LogP contribution is 2.19. The SMILES string of the molecule is CCc1nnc(CNS(=O)(=O)c2cccc(C(=O)NC3CCC3)c2)s1. The van der Waals surface area contributed by atoms with Crippen LogP contribution in [-0.4, -0.2) is 30.6 Å². The van der Waals surface area contributed by atoms with Gasteiger partial charge in [0.25, 0.3) is 5.91 Å². The van der Waals surface area contributed by atoms with Gasteiger partial charge in [-0.05, 0) is 43.9 Å². The fourth-order valence-electron chi connectivity index (χ4n) is 2.37. The van der Waals surface area contributed by atoms with Gasteiger partial charge < -0.3 is 5.32 Å². The maximum atomic E-state index is 12.5. The lowest BCUT2D eigenvalue weighted by Gasteiger charge is -2.26. The highest BCUT2D eigenvalue weighted by Gasteiger charge is 2.21. The summed E-state index contributed by atoms with van der Waals surface area (Å²) >= 11 is 1.38. The predicted molar refractivity (Wildman–Crippen MR) is 94.9 cm³/mol. The fraction of sp³-hybridized carbons (Fsp3) is 0.438. The molecule has 25 heavy (non-hydrogen) atoms. The molecule has 9 heteroatoms. The van der Waals surface area contributed by atoms with Crippen molar-refractivity contribution in [2.24, 2.45) is 0 Å². The summed E-state index contributed by atoms with van der Waals surface area (Å²) in [4.78, 5) is 12.3. The number of rotatable bonds is 7. The van der Waals surface area contributed by atoms with Gasteiger partial charge in [0.1, 0.15) is 10.0 Å². The van der Waals surface area contributed by atoms with E-state index in [-0.39, 0.29) is 23.4 Å². The maximum absolute atomic E-state index is 12.5. The standard InChI is InChI=1S/C16H20N4O3S2/c1-2-14-19-20-15(24-14)10-17-25(22,23)13-8-3-5-11(9-13)16(21)18-12-6-4-7-12/h3,5,8-9,12,17H,2,4,6-7,10H2,1H3,(H,18,21). The van der Waals surface area contributed by atoms with Gasteiger partial charge in [-0.15, -0.1) is 21.5 Å². The Bertz CT molecular complexity index is 860. The molecular weight excluding hydrogens is 360 g/mol. The van der Waals surface area contributed by atoms with Gasteiger partial charge in [0.15, 0.2) is 0 Å². The van der Waals surface area contributed by atoms with Crippen LogP contribution in [0, 0.1) is 0 Å². The summed E-state index contributed by atoms with van der Waals surface area (Å²) in [5.41, 5.74) is 0.346. The molecule has 2 N–H and O–H groups in total. The van der Waals surface area contributed by atoms with Gasteiger partial charge in [0.2, 0.25) is 10.0 Å². The number of aryl methyl sites for hydroxylation is 1. The van der Waals surface area contributed by atoms with Crippen molar-refractivity contribution in [3.63, 3.8) is 0 Å². The molecule has 7 nitrogen and oxygen atoms in total. The number of sulfonamides is 1. The molecule has 1 fully saturated rings. The minimum absolute atomic E-state index is 0.0639. The number of carbonyl (C=O) groups is 1. The summed E-state index contributed by atoms with van der Waals surface area (Å²) < 4.78 is 27.4. The van der Waals surface area contributed by atoms with Crippen LogP contribution in [0.3, 0.4) is 0 Å². The molecule has 1 amide bonds. The molecule has 1 heterocycles. The molecule has 0 aliphatic heterocycles. The van der Waals surface area contributed by atoms with Crippen molar-refractivity contribution in [3.05, 3.63) is 39.8 Å². The van der Waals surface area contributed by atoms with E-state index in [9.17, 15) is 13.2 Å². The first-order valence-corrected chi connectivity index (χ1v) is 10.5. The van der Waals surface area contributed by atoms with Crippen LogP contribution in [0.4, 0.5) is 0 Å². The van der Waals surface area contributed by atoms with Gasteiger partial charge in [-0.3, -0.25) is 4.79 Å². The molecule has 2 aromatic rings. The lowest BCUT2D eigenvalue weighted by molar-refractivity contribution is 0.0916. The normalized spacial score (nSPS) is 14.9. The number of benzene rings is 1. The van der Waals surface area contributed by atoms with Crippen molar-refractivity contribution in [1.82, 2.24) is 20.2 Å². The third-order valence-electron chi connectivity index (χ3n) is 4.07. The minimum atomic E-state index is -3.72. The first-order chi connectivity index (χ1) is 12.0. The zero-order chi connectivity index (χ0) is 17.9. The smallest absolute Gasteiger partial charge is 0.251 e. The topological polar surface area (TPSA) is 101 Å². The van der Waals surface area contributed by atoms with Crippen LogP contribution >= 0.6 is 11.3 Å². The maximum Gasteiger partial charge on any atom is 0.251 e. The van der Waals surface area contributed by atoms with Gasteiger partial charge in [0.05, 0.1) is 11.4 Å². The van der Waals surface area contributed by atoms with E-state index in [1.54, 1.807) is 12.1 Å². The number of aromatic nitrogens is 2. The Morgan fingerprint density at radius 2 is 2.04 bits per heavy atom. The minimum Gasteiger partial charge on any atom is -0.349 e. The summed E-state index contributed by atoms with van der Waals surface area (Å²) in [5, 5.41) is 12.3. The molecule has 0 radical (unpaired) electrons.